The van der Waals surface area contributed by atoms with Gasteiger partial charge in [0.15, 0.2) is 11.5 Å². The molecule has 3 nitrogen and oxygen atoms in total. The van der Waals surface area contributed by atoms with Gasteiger partial charge >= 0.3 is 0 Å². The van der Waals surface area contributed by atoms with Gasteiger partial charge in [0.25, 0.3) is 6.29 Å². The molecule has 1 N–H and O–H groups in total. The monoisotopic (exact) mass is 227 g/mol. The number of hydrogen-bond acceptors (Lipinski definition) is 3. The lowest BCUT2D eigenvalue weighted by molar-refractivity contribution is 0.0620. The molecule has 1 aliphatic rings. The summed E-state index contributed by atoms with van der Waals surface area (Å²) < 4.78 is 11.3. The Morgan fingerprint density at radius 1 is 0.824 bits per heavy atom. The SMILES string of the molecule is c1ccc(NCC2Oc3ccccc3O2)cc1. The second-order valence-electron chi connectivity index (χ2n) is 3.86. The molecule has 0 aliphatic carbocycles. The molecule has 0 atom stereocenters. The molecule has 0 spiro atoms. The van der Waals surface area contributed by atoms with Gasteiger partial charge < -0.3 is 14.8 Å². The lowest BCUT2D eigenvalue weighted by Gasteiger charge is -2.12. The number of fused-ring (bicyclic) bond motifs is 1. The molecular formula is C14H13NO2. The van der Waals surface area contributed by atoms with Gasteiger partial charge in [0.05, 0.1) is 6.54 Å². The summed E-state index contributed by atoms with van der Waals surface area (Å²) in [5, 5.41) is 3.27. The highest BCUT2D eigenvalue weighted by atomic mass is 16.7. The fraction of sp³-hybridized carbons (Fsp3) is 0.143. The molecule has 3 heteroatoms. The van der Waals surface area contributed by atoms with E-state index < -0.39 is 0 Å². The molecule has 0 aromatic heterocycles. The predicted octanol–water partition coefficient (Wildman–Crippen LogP) is 2.90. The molecule has 86 valence electrons. The maximum absolute atomic E-state index is 5.64. The fourth-order valence-electron chi connectivity index (χ4n) is 1.79. The van der Waals surface area contributed by atoms with Gasteiger partial charge in [-0.3, -0.25) is 0 Å². The molecule has 17 heavy (non-hydrogen) atoms. The first-order chi connectivity index (χ1) is 8.42. The first-order valence-corrected chi connectivity index (χ1v) is 5.63. The third-order valence-electron chi connectivity index (χ3n) is 2.61. The maximum Gasteiger partial charge on any atom is 0.258 e. The quantitative estimate of drug-likeness (QED) is 0.874. The van der Waals surface area contributed by atoms with Gasteiger partial charge in [0.1, 0.15) is 0 Å². The lowest BCUT2D eigenvalue weighted by atomic mass is 10.3. The summed E-state index contributed by atoms with van der Waals surface area (Å²) in [6.45, 7) is 0.624. The minimum absolute atomic E-state index is 0.257. The van der Waals surface area contributed by atoms with Crippen molar-refractivity contribution in [1.82, 2.24) is 0 Å². The number of hydrogen-bond donors (Lipinski definition) is 1. The Bertz CT molecular complexity index is 474. The number of benzene rings is 2. The van der Waals surface area contributed by atoms with Crippen molar-refractivity contribution in [3.05, 3.63) is 54.6 Å². The van der Waals surface area contributed by atoms with Crippen molar-refractivity contribution >= 4 is 5.69 Å². The molecule has 2 aromatic carbocycles. The van der Waals surface area contributed by atoms with Crippen molar-refractivity contribution < 1.29 is 9.47 Å². The molecule has 1 heterocycles. The molecule has 0 amide bonds. The molecule has 3 rings (SSSR count). The van der Waals surface area contributed by atoms with Crippen molar-refractivity contribution in [2.45, 2.75) is 6.29 Å². The summed E-state index contributed by atoms with van der Waals surface area (Å²) in [5.41, 5.74) is 1.07. The highest BCUT2D eigenvalue weighted by molar-refractivity contribution is 5.44. The lowest BCUT2D eigenvalue weighted by Crippen LogP contribution is -2.27. The predicted molar refractivity (Wildman–Crippen MR) is 66.4 cm³/mol. The average molecular weight is 227 g/mol. The third-order valence-corrected chi connectivity index (χ3v) is 2.61. The molecule has 0 bridgehead atoms. The van der Waals surface area contributed by atoms with Crippen LogP contribution in [0, 0.1) is 0 Å². The van der Waals surface area contributed by atoms with Crippen LogP contribution < -0.4 is 14.8 Å². The Hall–Kier alpha value is -2.16. The van der Waals surface area contributed by atoms with E-state index in [-0.39, 0.29) is 6.29 Å². The zero-order valence-corrected chi connectivity index (χ0v) is 9.30. The molecule has 0 unspecified atom stereocenters. The van der Waals surface area contributed by atoms with E-state index in [0.717, 1.165) is 17.2 Å². The van der Waals surface area contributed by atoms with Crippen LogP contribution in [0.1, 0.15) is 0 Å². The Morgan fingerprint density at radius 2 is 1.41 bits per heavy atom. The number of anilines is 1. The Morgan fingerprint density at radius 3 is 2.06 bits per heavy atom. The Labute approximate surface area is 100.0 Å². The average Bonchev–Trinajstić information content (AvgIpc) is 2.80. The van der Waals surface area contributed by atoms with Gasteiger partial charge in [-0.05, 0) is 24.3 Å². The highest BCUT2D eigenvalue weighted by Crippen LogP contribution is 2.33. The van der Waals surface area contributed by atoms with E-state index in [0.29, 0.717) is 6.54 Å². The van der Waals surface area contributed by atoms with Crippen molar-refractivity contribution in [1.29, 1.82) is 0 Å². The van der Waals surface area contributed by atoms with Crippen LogP contribution in [0.15, 0.2) is 54.6 Å². The summed E-state index contributed by atoms with van der Waals surface area (Å²) in [6.07, 6.45) is -0.257. The van der Waals surface area contributed by atoms with E-state index in [2.05, 4.69) is 5.32 Å². The van der Waals surface area contributed by atoms with Crippen molar-refractivity contribution in [2.75, 3.05) is 11.9 Å². The summed E-state index contributed by atoms with van der Waals surface area (Å²) >= 11 is 0. The Balaban J connectivity index is 1.59. The van der Waals surface area contributed by atoms with Gasteiger partial charge in [-0.25, -0.2) is 0 Å². The van der Waals surface area contributed by atoms with Crippen LogP contribution in [-0.2, 0) is 0 Å². The van der Waals surface area contributed by atoms with Gasteiger partial charge in [-0.2, -0.15) is 0 Å². The molecule has 2 aromatic rings. The number of rotatable bonds is 3. The molecule has 0 radical (unpaired) electrons. The molecular weight excluding hydrogens is 214 g/mol. The van der Waals surface area contributed by atoms with Gasteiger partial charge in [-0.1, -0.05) is 30.3 Å². The van der Waals surface area contributed by atoms with Gasteiger partial charge in [0, 0.05) is 5.69 Å². The Kier molecular flexibility index (Phi) is 2.58. The van der Waals surface area contributed by atoms with E-state index in [9.17, 15) is 0 Å². The summed E-state index contributed by atoms with van der Waals surface area (Å²) in [6, 6.07) is 17.7. The zero-order valence-electron chi connectivity index (χ0n) is 9.30. The first kappa shape index (κ1) is 10.0. The standard InChI is InChI=1S/C14H13NO2/c1-2-6-11(7-3-1)15-10-14-16-12-8-4-5-9-13(12)17-14/h1-9,14-15H,10H2. The molecule has 0 saturated heterocycles. The highest BCUT2D eigenvalue weighted by Gasteiger charge is 2.22. The first-order valence-electron chi connectivity index (χ1n) is 5.63. The number of ether oxygens (including phenoxy) is 2. The van der Waals surface area contributed by atoms with Crippen LogP contribution in [0.2, 0.25) is 0 Å². The van der Waals surface area contributed by atoms with Crippen LogP contribution in [0.5, 0.6) is 11.5 Å². The molecule has 0 fully saturated rings. The van der Waals surface area contributed by atoms with Crippen LogP contribution in [0.4, 0.5) is 5.69 Å². The van der Waals surface area contributed by atoms with Crippen molar-refractivity contribution in [3.8, 4) is 11.5 Å². The van der Waals surface area contributed by atoms with E-state index >= 15 is 0 Å². The second kappa shape index (κ2) is 4.37. The molecule has 0 saturated carbocycles. The van der Waals surface area contributed by atoms with E-state index in [1.165, 1.54) is 0 Å². The van der Waals surface area contributed by atoms with Crippen LogP contribution in [-0.4, -0.2) is 12.8 Å². The third kappa shape index (κ3) is 2.18. The minimum atomic E-state index is -0.257. The summed E-state index contributed by atoms with van der Waals surface area (Å²) in [7, 11) is 0. The second-order valence-corrected chi connectivity index (χ2v) is 3.86. The van der Waals surface area contributed by atoms with Crippen LogP contribution in [0.3, 0.4) is 0 Å². The fourth-order valence-corrected chi connectivity index (χ4v) is 1.79. The van der Waals surface area contributed by atoms with E-state index in [1.807, 2.05) is 54.6 Å². The van der Waals surface area contributed by atoms with Crippen molar-refractivity contribution in [3.63, 3.8) is 0 Å². The number of para-hydroxylation sites is 3. The van der Waals surface area contributed by atoms with E-state index in [4.69, 9.17) is 9.47 Å². The van der Waals surface area contributed by atoms with Crippen LogP contribution in [0.25, 0.3) is 0 Å². The van der Waals surface area contributed by atoms with E-state index in [1.54, 1.807) is 0 Å². The number of nitrogens with one attached hydrogen (secondary N) is 1. The smallest absolute Gasteiger partial charge is 0.258 e. The summed E-state index contributed by atoms with van der Waals surface area (Å²) in [4.78, 5) is 0. The van der Waals surface area contributed by atoms with Crippen LogP contribution >= 0.6 is 0 Å². The van der Waals surface area contributed by atoms with Gasteiger partial charge in [-0.15, -0.1) is 0 Å². The largest absolute Gasteiger partial charge is 0.449 e. The maximum atomic E-state index is 5.64. The normalized spacial score (nSPS) is 13.6. The van der Waals surface area contributed by atoms with Crippen molar-refractivity contribution in [2.24, 2.45) is 0 Å². The molecule has 1 aliphatic heterocycles. The zero-order chi connectivity index (χ0) is 11.5. The topological polar surface area (TPSA) is 30.5 Å². The van der Waals surface area contributed by atoms with Gasteiger partial charge in [0.2, 0.25) is 0 Å². The summed E-state index contributed by atoms with van der Waals surface area (Å²) in [5.74, 6) is 1.62. The minimum Gasteiger partial charge on any atom is -0.449 e.